The summed E-state index contributed by atoms with van der Waals surface area (Å²) in [4.78, 5) is 12.4. The summed E-state index contributed by atoms with van der Waals surface area (Å²) >= 11 is 3.37. The summed E-state index contributed by atoms with van der Waals surface area (Å²) in [5.74, 6) is 2.17. The number of fused-ring (bicyclic) bond motifs is 1. The summed E-state index contributed by atoms with van der Waals surface area (Å²) in [6.07, 6.45) is 0. The summed E-state index contributed by atoms with van der Waals surface area (Å²) < 4.78 is 17.7. The van der Waals surface area contributed by atoms with Crippen LogP contribution in [0.3, 0.4) is 0 Å². The molecule has 0 aliphatic carbocycles. The third-order valence-corrected chi connectivity index (χ3v) is 4.62. The van der Waals surface area contributed by atoms with Crippen LogP contribution in [-0.4, -0.2) is 25.7 Å². The van der Waals surface area contributed by atoms with Crippen LogP contribution in [0.2, 0.25) is 0 Å². The number of carbonyl (C=O) groups excluding carboxylic acids is 1. The Kier molecular flexibility index (Phi) is 6.04. The van der Waals surface area contributed by atoms with E-state index in [0.29, 0.717) is 19.0 Å². The molecule has 6 heteroatoms. The van der Waals surface area contributed by atoms with Crippen LogP contribution in [0.15, 0.2) is 46.9 Å². The van der Waals surface area contributed by atoms with Crippen molar-refractivity contribution in [3.8, 4) is 17.2 Å². The van der Waals surface area contributed by atoms with Gasteiger partial charge in [-0.05, 0) is 47.9 Å². The number of hydrogen-bond acceptors (Lipinski definition) is 4. The highest BCUT2D eigenvalue weighted by atomic mass is 79.9. The van der Waals surface area contributed by atoms with Crippen molar-refractivity contribution in [3.63, 3.8) is 0 Å². The lowest BCUT2D eigenvalue weighted by molar-refractivity contribution is -0.124. The number of amides is 1. The van der Waals surface area contributed by atoms with Crippen LogP contribution in [0.5, 0.6) is 17.2 Å². The smallest absolute Gasteiger partial charge is 0.258 e. The van der Waals surface area contributed by atoms with Gasteiger partial charge in [0.1, 0.15) is 19.0 Å². The Morgan fingerprint density at radius 2 is 1.81 bits per heavy atom. The standard InChI is InChI=1S/C20H22BrNO4/c1-13(2)20(14-3-8-17-18(11-14)25-10-9-24-17)22-19(23)12-26-16-6-4-15(21)5-7-16/h3-8,11,13,20H,9-10,12H2,1-2H3,(H,22,23)/t20-/m0/s1. The molecule has 0 spiro atoms. The Morgan fingerprint density at radius 1 is 1.12 bits per heavy atom. The highest BCUT2D eigenvalue weighted by molar-refractivity contribution is 9.10. The molecule has 5 nitrogen and oxygen atoms in total. The van der Waals surface area contributed by atoms with Crippen molar-refractivity contribution in [3.05, 3.63) is 52.5 Å². The predicted molar refractivity (Wildman–Crippen MR) is 103 cm³/mol. The van der Waals surface area contributed by atoms with Gasteiger partial charge in [-0.25, -0.2) is 0 Å². The van der Waals surface area contributed by atoms with Gasteiger partial charge in [0, 0.05) is 4.47 Å². The topological polar surface area (TPSA) is 56.8 Å². The maximum Gasteiger partial charge on any atom is 0.258 e. The van der Waals surface area contributed by atoms with E-state index in [1.54, 1.807) is 0 Å². The lowest BCUT2D eigenvalue weighted by Crippen LogP contribution is -2.35. The minimum Gasteiger partial charge on any atom is -0.486 e. The molecule has 0 saturated heterocycles. The lowest BCUT2D eigenvalue weighted by Gasteiger charge is -2.25. The fourth-order valence-corrected chi connectivity index (χ4v) is 3.05. The maximum atomic E-state index is 12.4. The summed E-state index contributed by atoms with van der Waals surface area (Å²) in [6.45, 7) is 5.20. The second-order valence-corrected chi connectivity index (χ2v) is 7.35. The van der Waals surface area contributed by atoms with Gasteiger partial charge in [-0.15, -0.1) is 0 Å². The van der Waals surface area contributed by atoms with E-state index in [0.717, 1.165) is 21.5 Å². The first-order valence-electron chi connectivity index (χ1n) is 8.60. The molecule has 0 fully saturated rings. The fraction of sp³-hybridized carbons (Fsp3) is 0.350. The van der Waals surface area contributed by atoms with Crippen molar-refractivity contribution in [1.82, 2.24) is 5.32 Å². The number of rotatable bonds is 6. The number of nitrogens with one attached hydrogen (secondary N) is 1. The quantitative estimate of drug-likeness (QED) is 0.764. The molecule has 1 atom stereocenters. The lowest BCUT2D eigenvalue weighted by atomic mass is 9.95. The second-order valence-electron chi connectivity index (χ2n) is 6.43. The van der Waals surface area contributed by atoms with Crippen molar-refractivity contribution < 1.29 is 19.0 Å². The minimum atomic E-state index is -0.165. The number of hydrogen-bond donors (Lipinski definition) is 1. The molecule has 1 aliphatic rings. The van der Waals surface area contributed by atoms with Crippen LogP contribution >= 0.6 is 15.9 Å². The highest BCUT2D eigenvalue weighted by Gasteiger charge is 2.21. The Hall–Kier alpha value is -2.21. The monoisotopic (exact) mass is 419 g/mol. The summed E-state index contributed by atoms with van der Waals surface area (Å²) in [6, 6.07) is 13.0. The van der Waals surface area contributed by atoms with Crippen LogP contribution in [0, 0.1) is 5.92 Å². The molecular weight excluding hydrogens is 398 g/mol. The molecule has 3 rings (SSSR count). The third kappa shape index (κ3) is 4.69. The van der Waals surface area contributed by atoms with Gasteiger partial charge >= 0.3 is 0 Å². The molecule has 2 aromatic rings. The molecule has 1 aliphatic heterocycles. The largest absolute Gasteiger partial charge is 0.486 e. The summed E-state index contributed by atoms with van der Waals surface area (Å²) in [5, 5.41) is 3.05. The average Bonchev–Trinajstić information content (AvgIpc) is 2.65. The molecule has 1 N–H and O–H groups in total. The van der Waals surface area contributed by atoms with E-state index in [1.807, 2.05) is 42.5 Å². The van der Waals surface area contributed by atoms with Crippen molar-refractivity contribution in [2.75, 3.05) is 19.8 Å². The normalized spacial score (nSPS) is 14.0. The van der Waals surface area contributed by atoms with Crippen molar-refractivity contribution >= 4 is 21.8 Å². The van der Waals surface area contributed by atoms with Crippen molar-refractivity contribution in [2.24, 2.45) is 5.92 Å². The number of halogens is 1. The molecule has 0 saturated carbocycles. The van der Waals surface area contributed by atoms with Crippen LogP contribution < -0.4 is 19.5 Å². The van der Waals surface area contributed by atoms with Gasteiger partial charge in [0.25, 0.3) is 5.91 Å². The molecule has 26 heavy (non-hydrogen) atoms. The first kappa shape index (κ1) is 18.6. The van der Waals surface area contributed by atoms with Gasteiger partial charge in [-0.2, -0.15) is 0 Å². The SMILES string of the molecule is CC(C)[C@H](NC(=O)COc1ccc(Br)cc1)c1ccc2c(c1)OCCO2. The zero-order valence-corrected chi connectivity index (χ0v) is 16.4. The van der Waals surface area contributed by atoms with E-state index in [1.165, 1.54) is 0 Å². The van der Waals surface area contributed by atoms with Gasteiger partial charge in [0.15, 0.2) is 18.1 Å². The van der Waals surface area contributed by atoms with Crippen LogP contribution in [-0.2, 0) is 4.79 Å². The molecule has 0 aromatic heterocycles. The first-order valence-corrected chi connectivity index (χ1v) is 9.39. The first-order chi connectivity index (χ1) is 12.5. The van der Waals surface area contributed by atoms with Gasteiger partial charge in [-0.3, -0.25) is 4.79 Å². The molecule has 1 amide bonds. The average molecular weight is 420 g/mol. The Bertz CT molecular complexity index is 761. The van der Waals surface area contributed by atoms with Gasteiger partial charge in [0.2, 0.25) is 0 Å². The van der Waals surface area contributed by atoms with Gasteiger partial charge < -0.3 is 19.5 Å². The van der Waals surface area contributed by atoms with E-state index >= 15 is 0 Å². The van der Waals surface area contributed by atoms with Crippen molar-refractivity contribution in [1.29, 1.82) is 0 Å². The fourth-order valence-electron chi connectivity index (χ4n) is 2.78. The van der Waals surface area contributed by atoms with E-state index in [2.05, 4.69) is 35.1 Å². The highest BCUT2D eigenvalue weighted by Crippen LogP contribution is 2.34. The Balaban J connectivity index is 1.64. The molecule has 138 valence electrons. The van der Waals surface area contributed by atoms with Crippen LogP contribution in [0.4, 0.5) is 0 Å². The molecule has 0 unspecified atom stereocenters. The summed E-state index contributed by atoms with van der Waals surface area (Å²) in [7, 11) is 0. The number of ether oxygens (including phenoxy) is 3. The van der Waals surface area contributed by atoms with E-state index in [-0.39, 0.29) is 24.5 Å². The zero-order chi connectivity index (χ0) is 18.5. The minimum absolute atomic E-state index is 0.0323. The second kappa shape index (κ2) is 8.45. The predicted octanol–water partition coefficient (Wildman–Crippen LogP) is 4.11. The maximum absolute atomic E-state index is 12.4. The zero-order valence-electron chi connectivity index (χ0n) is 14.8. The van der Waals surface area contributed by atoms with Gasteiger partial charge in [0.05, 0.1) is 6.04 Å². The van der Waals surface area contributed by atoms with Crippen LogP contribution in [0.1, 0.15) is 25.5 Å². The van der Waals surface area contributed by atoms with E-state index in [4.69, 9.17) is 14.2 Å². The molecule has 0 radical (unpaired) electrons. The van der Waals surface area contributed by atoms with Crippen LogP contribution in [0.25, 0.3) is 0 Å². The number of carbonyl (C=O) groups is 1. The number of benzene rings is 2. The Labute approximate surface area is 161 Å². The molecule has 1 heterocycles. The molecule has 0 bridgehead atoms. The molecular formula is C20H22BrNO4. The van der Waals surface area contributed by atoms with Crippen molar-refractivity contribution in [2.45, 2.75) is 19.9 Å². The Morgan fingerprint density at radius 3 is 2.50 bits per heavy atom. The van der Waals surface area contributed by atoms with E-state index < -0.39 is 0 Å². The molecule has 2 aromatic carbocycles. The summed E-state index contributed by atoms with van der Waals surface area (Å²) in [5.41, 5.74) is 0.987. The van der Waals surface area contributed by atoms with E-state index in [9.17, 15) is 4.79 Å². The third-order valence-electron chi connectivity index (χ3n) is 4.09. The van der Waals surface area contributed by atoms with Gasteiger partial charge in [-0.1, -0.05) is 35.8 Å².